The van der Waals surface area contributed by atoms with Crippen LogP contribution in [0.15, 0.2) is 35.5 Å². The smallest absolute Gasteiger partial charge is 0.284 e. The maximum atomic E-state index is 13.1. The molecular weight excluding hydrogens is 279 g/mol. The molecule has 2 N–H and O–H groups in total. The third-order valence-electron chi connectivity index (χ3n) is 2.18. The predicted octanol–water partition coefficient (Wildman–Crippen LogP) is 1.26. The van der Waals surface area contributed by atoms with E-state index in [0.29, 0.717) is 0 Å². The van der Waals surface area contributed by atoms with Gasteiger partial charge in [-0.15, -0.1) is 0 Å². The van der Waals surface area contributed by atoms with Gasteiger partial charge in [0.15, 0.2) is 0 Å². The minimum atomic E-state index is -3.91. The van der Waals surface area contributed by atoms with Gasteiger partial charge in [0, 0.05) is 12.3 Å². The lowest BCUT2D eigenvalue weighted by atomic mass is 10.3. The molecule has 0 spiro atoms. The first kappa shape index (κ1) is 13.0. The summed E-state index contributed by atoms with van der Waals surface area (Å²) in [6, 6.07) is 2.69. The van der Waals surface area contributed by atoms with E-state index in [0.717, 1.165) is 30.6 Å². The van der Waals surface area contributed by atoms with E-state index in [1.807, 2.05) is 0 Å². The van der Waals surface area contributed by atoms with Crippen LogP contribution in [0.1, 0.15) is 0 Å². The number of H-pyrrole nitrogens is 1. The summed E-state index contributed by atoms with van der Waals surface area (Å²) in [4.78, 5) is 9.46. The lowest BCUT2D eigenvalue weighted by molar-refractivity contribution is -0.387. The fourth-order valence-corrected chi connectivity index (χ4v) is 2.27. The van der Waals surface area contributed by atoms with Crippen LogP contribution in [-0.2, 0) is 10.0 Å². The molecule has 0 radical (unpaired) electrons. The van der Waals surface area contributed by atoms with Crippen LogP contribution in [0.3, 0.4) is 0 Å². The zero-order valence-electron chi connectivity index (χ0n) is 9.20. The molecule has 0 aliphatic heterocycles. The summed E-state index contributed by atoms with van der Waals surface area (Å²) in [6.07, 6.45) is 2.21. The molecule has 0 unspecified atom stereocenters. The van der Waals surface area contributed by atoms with Crippen molar-refractivity contribution in [2.45, 2.75) is 4.90 Å². The largest absolute Gasteiger partial charge is 0.306 e. The highest BCUT2D eigenvalue weighted by Crippen LogP contribution is 2.23. The van der Waals surface area contributed by atoms with Crippen molar-refractivity contribution in [3.63, 3.8) is 0 Å². The Balaban J connectivity index is 2.35. The minimum Gasteiger partial charge on any atom is -0.284 e. The van der Waals surface area contributed by atoms with Crippen molar-refractivity contribution in [3.05, 3.63) is 46.5 Å². The van der Waals surface area contributed by atoms with Crippen LogP contribution in [0.2, 0.25) is 0 Å². The maximum absolute atomic E-state index is 13.1. The fraction of sp³-hybridized carbons (Fsp3) is 0. The molecule has 0 saturated carbocycles. The number of nitrogens with one attached hydrogen (secondary N) is 2. The number of hydrogen-bond acceptors (Lipinski definition) is 5. The van der Waals surface area contributed by atoms with Gasteiger partial charge in [0.25, 0.3) is 10.0 Å². The predicted molar refractivity (Wildman–Crippen MR) is 62.5 cm³/mol. The van der Waals surface area contributed by atoms with E-state index >= 15 is 0 Å². The number of nitrogens with zero attached hydrogens (tertiary/aromatic N) is 2. The Morgan fingerprint density at radius 2 is 2.16 bits per heavy atom. The van der Waals surface area contributed by atoms with E-state index in [2.05, 4.69) is 14.9 Å². The number of aromatic nitrogens is 2. The normalized spacial score (nSPS) is 11.2. The molecule has 2 aromatic rings. The van der Waals surface area contributed by atoms with Crippen LogP contribution in [-0.4, -0.2) is 23.5 Å². The first-order valence-corrected chi connectivity index (χ1v) is 6.34. The van der Waals surface area contributed by atoms with Crippen molar-refractivity contribution in [1.29, 1.82) is 0 Å². The van der Waals surface area contributed by atoms with Gasteiger partial charge >= 0.3 is 5.69 Å². The first-order valence-electron chi connectivity index (χ1n) is 4.86. The summed E-state index contributed by atoms with van der Waals surface area (Å²) < 4.78 is 38.8. The third-order valence-corrected chi connectivity index (χ3v) is 3.53. The zero-order chi connectivity index (χ0) is 14.0. The second-order valence-electron chi connectivity index (χ2n) is 3.46. The summed E-state index contributed by atoms with van der Waals surface area (Å²) >= 11 is 0. The Kier molecular flexibility index (Phi) is 3.17. The van der Waals surface area contributed by atoms with Crippen LogP contribution in [0.25, 0.3) is 0 Å². The molecule has 100 valence electrons. The summed E-state index contributed by atoms with van der Waals surface area (Å²) in [5.41, 5.74) is -0.929. The van der Waals surface area contributed by atoms with Crippen molar-refractivity contribution in [2.75, 3.05) is 4.72 Å². The van der Waals surface area contributed by atoms with E-state index in [-0.39, 0.29) is 10.6 Å². The summed E-state index contributed by atoms with van der Waals surface area (Å²) in [5, 5.41) is 16.3. The number of nitro groups is 1. The second kappa shape index (κ2) is 4.65. The Labute approximate surface area is 106 Å². The molecule has 0 amide bonds. The summed E-state index contributed by atoms with van der Waals surface area (Å²) in [5.74, 6) is -1.05. The minimum absolute atomic E-state index is 0.116. The lowest BCUT2D eigenvalue weighted by Crippen LogP contribution is -2.12. The number of halogens is 1. The van der Waals surface area contributed by atoms with Crippen LogP contribution in [0, 0.1) is 15.9 Å². The number of aromatic amines is 1. The Hall–Kier alpha value is -2.49. The third kappa shape index (κ3) is 2.68. The van der Waals surface area contributed by atoms with Crippen LogP contribution in [0.5, 0.6) is 0 Å². The Morgan fingerprint density at radius 3 is 2.74 bits per heavy atom. The molecule has 19 heavy (non-hydrogen) atoms. The summed E-state index contributed by atoms with van der Waals surface area (Å²) in [6.45, 7) is 0. The summed E-state index contributed by atoms with van der Waals surface area (Å²) in [7, 11) is -3.91. The number of nitro benzene ring substituents is 1. The molecule has 0 aliphatic rings. The number of rotatable bonds is 4. The highest BCUT2D eigenvalue weighted by atomic mass is 32.2. The van der Waals surface area contributed by atoms with Gasteiger partial charge in [-0.05, 0) is 12.1 Å². The molecule has 1 heterocycles. The van der Waals surface area contributed by atoms with Gasteiger partial charge in [-0.25, -0.2) is 8.42 Å². The molecule has 1 aromatic heterocycles. The molecule has 0 bridgehead atoms. The van der Waals surface area contributed by atoms with Gasteiger partial charge in [-0.2, -0.15) is 9.49 Å². The molecular formula is C9H7FN4O4S. The Bertz CT molecular complexity index is 714. The molecule has 0 saturated heterocycles. The maximum Gasteiger partial charge on any atom is 0.306 e. The van der Waals surface area contributed by atoms with Crippen molar-refractivity contribution < 1.29 is 17.7 Å². The van der Waals surface area contributed by atoms with E-state index in [1.165, 1.54) is 0 Å². The molecule has 0 fully saturated rings. The monoisotopic (exact) mass is 286 g/mol. The molecule has 2 rings (SSSR count). The zero-order valence-corrected chi connectivity index (χ0v) is 10.0. The number of benzene rings is 1. The molecule has 1 aromatic carbocycles. The van der Waals surface area contributed by atoms with Crippen LogP contribution < -0.4 is 4.72 Å². The second-order valence-corrected chi connectivity index (χ2v) is 5.15. The topological polar surface area (TPSA) is 118 Å². The average Bonchev–Trinajstić information content (AvgIpc) is 2.85. The molecule has 0 aliphatic carbocycles. The van der Waals surface area contributed by atoms with Gasteiger partial charge < -0.3 is 0 Å². The van der Waals surface area contributed by atoms with Crippen molar-refractivity contribution in [2.24, 2.45) is 0 Å². The van der Waals surface area contributed by atoms with E-state index < -0.39 is 26.5 Å². The van der Waals surface area contributed by atoms with E-state index in [1.54, 1.807) is 0 Å². The first-order chi connectivity index (χ1) is 8.90. The van der Waals surface area contributed by atoms with E-state index in [4.69, 9.17) is 0 Å². The highest BCUT2D eigenvalue weighted by molar-refractivity contribution is 7.92. The van der Waals surface area contributed by atoms with Crippen molar-refractivity contribution >= 4 is 21.4 Å². The van der Waals surface area contributed by atoms with Gasteiger partial charge in [-0.1, -0.05) is 0 Å². The van der Waals surface area contributed by atoms with Crippen LogP contribution in [0.4, 0.5) is 15.8 Å². The van der Waals surface area contributed by atoms with Gasteiger partial charge in [0.2, 0.25) is 5.82 Å². The lowest BCUT2D eigenvalue weighted by Gasteiger charge is -2.05. The standard InChI is InChI=1S/C9H7FN4O4S/c10-8-2-1-6(3-9(8)14(15)16)13-19(17,18)7-4-11-12-5-7/h1-5,13H,(H,11,12). The number of sulfonamides is 1. The fourth-order valence-electron chi connectivity index (χ4n) is 1.32. The van der Waals surface area contributed by atoms with E-state index in [9.17, 15) is 22.9 Å². The molecule has 10 heteroatoms. The van der Waals surface area contributed by atoms with Crippen LogP contribution >= 0.6 is 0 Å². The van der Waals surface area contributed by atoms with Gasteiger partial charge in [-0.3, -0.25) is 19.9 Å². The highest BCUT2D eigenvalue weighted by Gasteiger charge is 2.19. The quantitative estimate of drug-likeness (QED) is 0.648. The van der Waals surface area contributed by atoms with Gasteiger partial charge in [0.1, 0.15) is 4.90 Å². The van der Waals surface area contributed by atoms with Gasteiger partial charge in [0.05, 0.1) is 16.8 Å². The average molecular weight is 286 g/mol. The number of anilines is 1. The molecule has 8 nitrogen and oxygen atoms in total. The van der Waals surface area contributed by atoms with Crippen molar-refractivity contribution in [3.8, 4) is 0 Å². The van der Waals surface area contributed by atoms with Crippen molar-refractivity contribution in [1.82, 2.24) is 10.2 Å². The Morgan fingerprint density at radius 1 is 1.42 bits per heavy atom. The number of hydrogen-bond donors (Lipinski definition) is 2. The SMILES string of the molecule is O=[N+]([O-])c1cc(NS(=O)(=O)c2cn[nH]c2)ccc1F. The molecule has 0 atom stereocenters.